The lowest BCUT2D eigenvalue weighted by Crippen LogP contribution is -2.47. The van der Waals surface area contributed by atoms with E-state index in [1.807, 2.05) is 0 Å². The van der Waals surface area contributed by atoms with E-state index in [-0.39, 0.29) is 18.7 Å². The first kappa shape index (κ1) is 17.3. The zero-order valence-corrected chi connectivity index (χ0v) is 13.0. The van der Waals surface area contributed by atoms with Crippen molar-refractivity contribution in [3.63, 3.8) is 0 Å². The van der Waals surface area contributed by atoms with Crippen molar-refractivity contribution in [3.8, 4) is 0 Å². The van der Waals surface area contributed by atoms with E-state index < -0.39 is 37.3 Å². The van der Waals surface area contributed by atoms with Crippen LogP contribution in [0, 0.1) is 0 Å². The number of hydrogen-bond donors (Lipinski definition) is 2. The minimum Gasteiger partial charge on any atom is -0.480 e. The maximum absolute atomic E-state index is 13.7. The average molecular weight is 356 g/mol. The second-order valence-electron chi connectivity index (χ2n) is 5.73. The molecule has 1 aliphatic rings. The van der Waals surface area contributed by atoms with Crippen LogP contribution in [0.4, 0.5) is 13.2 Å². The number of aromatic nitrogens is 1. The third-order valence-electron chi connectivity index (χ3n) is 4.12. The van der Waals surface area contributed by atoms with Gasteiger partial charge in [-0.3, -0.25) is 4.79 Å². The van der Waals surface area contributed by atoms with Gasteiger partial charge >= 0.3 is 12.1 Å². The zero-order chi connectivity index (χ0) is 18.2. The molecule has 0 aliphatic carbocycles. The summed E-state index contributed by atoms with van der Waals surface area (Å²) in [5.41, 5.74) is 1.08. The molecule has 2 heterocycles. The number of carbonyl (C=O) groups excluding carboxylic acids is 1. The number of alkyl halides is 3. The summed E-state index contributed by atoms with van der Waals surface area (Å²) < 4.78 is 45.6. The Hall–Kier alpha value is -2.55. The van der Waals surface area contributed by atoms with Crippen molar-refractivity contribution in [2.24, 2.45) is 0 Å². The Kier molecular flexibility index (Phi) is 4.42. The molecule has 0 saturated carbocycles. The van der Waals surface area contributed by atoms with E-state index in [0.717, 1.165) is 0 Å². The molecule has 1 atom stereocenters. The predicted molar refractivity (Wildman–Crippen MR) is 81.0 cm³/mol. The van der Waals surface area contributed by atoms with Crippen LogP contribution in [-0.2, 0) is 20.7 Å². The van der Waals surface area contributed by atoms with Crippen LogP contribution in [0.25, 0.3) is 10.9 Å². The summed E-state index contributed by atoms with van der Waals surface area (Å²) in [5, 5.41) is 9.20. The molecule has 0 bridgehead atoms. The number of nitrogens with zero attached hydrogens (tertiary/aromatic N) is 1. The summed E-state index contributed by atoms with van der Waals surface area (Å²) in [4.78, 5) is 26.0. The second-order valence-corrected chi connectivity index (χ2v) is 5.73. The van der Waals surface area contributed by atoms with Gasteiger partial charge in [0, 0.05) is 17.4 Å². The van der Waals surface area contributed by atoms with Crippen LogP contribution in [0.2, 0.25) is 0 Å². The average Bonchev–Trinajstić information content (AvgIpc) is 2.90. The maximum atomic E-state index is 13.7. The number of carboxylic acids is 1. The zero-order valence-electron chi connectivity index (χ0n) is 13.0. The van der Waals surface area contributed by atoms with Crippen molar-refractivity contribution in [1.29, 1.82) is 0 Å². The van der Waals surface area contributed by atoms with Crippen molar-refractivity contribution in [2.45, 2.75) is 18.6 Å². The third kappa shape index (κ3) is 3.32. The number of carbonyl (C=O) groups is 2. The number of benzene rings is 1. The van der Waals surface area contributed by atoms with E-state index in [1.165, 1.54) is 0 Å². The lowest BCUT2D eigenvalue weighted by molar-refractivity contribution is -0.196. The SMILES string of the molecule is O=C(O)COCC(=O)N1CCc2c([nH]c3ccccc23)[C@H]1C(F)(F)F. The Morgan fingerprint density at radius 3 is 2.68 bits per heavy atom. The molecule has 1 aromatic carbocycles. The van der Waals surface area contributed by atoms with Crippen LogP contribution in [0.3, 0.4) is 0 Å². The molecule has 0 spiro atoms. The van der Waals surface area contributed by atoms with E-state index in [9.17, 15) is 22.8 Å². The molecule has 134 valence electrons. The van der Waals surface area contributed by atoms with E-state index >= 15 is 0 Å². The summed E-state index contributed by atoms with van der Waals surface area (Å²) in [5.74, 6) is -2.19. The lowest BCUT2D eigenvalue weighted by atomic mass is 9.97. The highest BCUT2D eigenvalue weighted by Crippen LogP contribution is 2.43. The van der Waals surface area contributed by atoms with Crippen LogP contribution in [0.15, 0.2) is 24.3 Å². The molecule has 1 aromatic heterocycles. The van der Waals surface area contributed by atoms with Gasteiger partial charge in [-0.2, -0.15) is 13.2 Å². The number of fused-ring (bicyclic) bond motifs is 3. The molecular weight excluding hydrogens is 341 g/mol. The molecule has 1 amide bonds. The minimum atomic E-state index is -4.67. The Bertz CT molecular complexity index is 815. The first-order chi connectivity index (χ1) is 11.8. The van der Waals surface area contributed by atoms with Gasteiger partial charge in [0.15, 0.2) is 6.04 Å². The van der Waals surface area contributed by atoms with Crippen LogP contribution in [0.1, 0.15) is 17.3 Å². The highest BCUT2D eigenvalue weighted by molar-refractivity contribution is 5.86. The predicted octanol–water partition coefficient (Wildman–Crippen LogP) is 2.26. The number of amides is 1. The standard InChI is InChI=1S/C16H15F3N2O4/c17-16(18,19)15-14-10(9-3-1-2-4-11(9)20-14)5-6-21(15)12(22)7-25-8-13(23)24/h1-4,15,20H,5-8H2,(H,23,24)/t15-/m0/s1. The van der Waals surface area contributed by atoms with Gasteiger partial charge in [-0.05, 0) is 18.1 Å². The number of halogens is 3. The number of aromatic amines is 1. The molecule has 2 aromatic rings. The van der Waals surface area contributed by atoms with Crippen LogP contribution >= 0.6 is 0 Å². The number of hydrogen-bond acceptors (Lipinski definition) is 3. The fourth-order valence-electron chi connectivity index (χ4n) is 3.16. The van der Waals surface area contributed by atoms with E-state index in [0.29, 0.717) is 21.4 Å². The molecule has 3 rings (SSSR count). The number of carboxylic acid groups (broad SMARTS) is 1. The molecule has 9 heteroatoms. The molecule has 0 unspecified atom stereocenters. The van der Waals surface area contributed by atoms with Gasteiger partial charge in [-0.15, -0.1) is 0 Å². The van der Waals surface area contributed by atoms with Crippen molar-refractivity contribution in [3.05, 3.63) is 35.5 Å². The lowest BCUT2D eigenvalue weighted by Gasteiger charge is -2.36. The van der Waals surface area contributed by atoms with Crippen molar-refractivity contribution < 1.29 is 32.6 Å². The highest BCUT2D eigenvalue weighted by Gasteiger charge is 2.50. The summed E-state index contributed by atoms with van der Waals surface area (Å²) in [7, 11) is 0. The monoisotopic (exact) mass is 356 g/mol. The van der Waals surface area contributed by atoms with Gasteiger partial charge in [-0.1, -0.05) is 18.2 Å². The number of H-pyrrole nitrogens is 1. The first-order valence-electron chi connectivity index (χ1n) is 7.54. The van der Waals surface area contributed by atoms with Gasteiger partial charge in [0.05, 0.1) is 5.69 Å². The molecule has 1 aliphatic heterocycles. The first-order valence-corrected chi connectivity index (χ1v) is 7.54. The van der Waals surface area contributed by atoms with Crippen molar-refractivity contribution >= 4 is 22.8 Å². The van der Waals surface area contributed by atoms with Gasteiger partial charge in [0.2, 0.25) is 5.91 Å². The molecule has 2 N–H and O–H groups in total. The fourth-order valence-corrected chi connectivity index (χ4v) is 3.16. The van der Waals surface area contributed by atoms with Crippen molar-refractivity contribution in [2.75, 3.05) is 19.8 Å². The van der Waals surface area contributed by atoms with Gasteiger partial charge < -0.3 is 19.7 Å². The molecule has 0 fully saturated rings. The Balaban J connectivity index is 1.93. The Morgan fingerprint density at radius 1 is 1.28 bits per heavy atom. The van der Waals surface area contributed by atoms with Gasteiger partial charge in [0.25, 0.3) is 0 Å². The fraction of sp³-hybridized carbons (Fsp3) is 0.375. The molecule has 25 heavy (non-hydrogen) atoms. The van der Waals surface area contributed by atoms with Crippen LogP contribution in [0.5, 0.6) is 0 Å². The largest absolute Gasteiger partial charge is 0.480 e. The number of rotatable bonds is 4. The molecule has 6 nitrogen and oxygen atoms in total. The highest BCUT2D eigenvalue weighted by atomic mass is 19.4. The smallest absolute Gasteiger partial charge is 0.414 e. The Labute approximate surface area is 140 Å². The topological polar surface area (TPSA) is 82.6 Å². The summed E-state index contributed by atoms with van der Waals surface area (Å²) in [6, 6.07) is 4.78. The second kappa shape index (κ2) is 6.40. The van der Waals surface area contributed by atoms with Gasteiger partial charge in [-0.25, -0.2) is 4.79 Å². The van der Waals surface area contributed by atoms with E-state index in [4.69, 9.17) is 5.11 Å². The van der Waals surface area contributed by atoms with E-state index in [2.05, 4.69) is 9.72 Å². The minimum absolute atomic E-state index is 0.0495. The number of ether oxygens (including phenoxy) is 1. The third-order valence-corrected chi connectivity index (χ3v) is 4.12. The normalized spacial score (nSPS) is 17.6. The van der Waals surface area contributed by atoms with Crippen molar-refractivity contribution in [1.82, 2.24) is 9.88 Å². The summed E-state index contributed by atoms with van der Waals surface area (Å²) >= 11 is 0. The molecular formula is C16H15F3N2O4. The maximum Gasteiger partial charge on any atom is 0.414 e. The summed E-state index contributed by atoms with van der Waals surface area (Å²) in [6.07, 6.45) is -4.39. The quantitative estimate of drug-likeness (QED) is 0.880. The van der Waals surface area contributed by atoms with Crippen LogP contribution in [-0.4, -0.2) is 52.8 Å². The summed E-state index contributed by atoms with van der Waals surface area (Å²) in [6.45, 7) is -1.57. The number of nitrogens with one attached hydrogen (secondary N) is 1. The van der Waals surface area contributed by atoms with Crippen LogP contribution < -0.4 is 0 Å². The Morgan fingerprint density at radius 2 is 2.00 bits per heavy atom. The molecule has 0 radical (unpaired) electrons. The van der Waals surface area contributed by atoms with E-state index in [1.54, 1.807) is 24.3 Å². The number of aliphatic carboxylic acids is 1. The molecule has 0 saturated heterocycles. The van der Waals surface area contributed by atoms with Gasteiger partial charge in [0.1, 0.15) is 13.2 Å². The number of para-hydroxylation sites is 1.